The molecule has 1 heterocycles. The zero-order chi connectivity index (χ0) is 12.5. The van der Waals surface area contributed by atoms with Crippen LogP contribution in [0.2, 0.25) is 0 Å². The molecule has 0 aliphatic carbocycles. The number of hydrogen-bond acceptors (Lipinski definition) is 2. The van der Waals surface area contributed by atoms with Crippen LogP contribution in [0.3, 0.4) is 0 Å². The standard InChI is InChI=1S/C16H19NO/c1-11-9-10-17-16(11)15-13-6-4-3-5-12(13)7-8-14(15)18-2/h3-8,11,16-17H,9-10H2,1-2H3. The Hall–Kier alpha value is -1.54. The van der Waals surface area contributed by atoms with Gasteiger partial charge < -0.3 is 10.1 Å². The molecule has 2 nitrogen and oxygen atoms in total. The minimum atomic E-state index is 0.408. The number of rotatable bonds is 2. The van der Waals surface area contributed by atoms with Gasteiger partial charge in [-0.15, -0.1) is 0 Å². The van der Waals surface area contributed by atoms with Crippen LogP contribution < -0.4 is 10.1 Å². The molecule has 2 aromatic carbocycles. The smallest absolute Gasteiger partial charge is 0.124 e. The van der Waals surface area contributed by atoms with Gasteiger partial charge in [-0.25, -0.2) is 0 Å². The summed E-state index contributed by atoms with van der Waals surface area (Å²) in [5.74, 6) is 1.66. The summed E-state index contributed by atoms with van der Waals surface area (Å²) in [5.41, 5.74) is 1.32. The number of nitrogens with one attached hydrogen (secondary N) is 1. The van der Waals surface area contributed by atoms with E-state index in [1.54, 1.807) is 7.11 Å². The van der Waals surface area contributed by atoms with Gasteiger partial charge in [0.1, 0.15) is 5.75 Å². The van der Waals surface area contributed by atoms with E-state index in [1.807, 2.05) is 0 Å². The van der Waals surface area contributed by atoms with Crippen molar-refractivity contribution in [3.05, 3.63) is 42.0 Å². The molecule has 94 valence electrons. The van der Waals surface area contributed by atoms with Gasteiger partial charge in [0.2, 0.25) is 0 Å². The second-order valence-electron chi connectivity index (χ2n) is 5.10. The molecule has 18 heavy (non-hydrogen) atoms. The lowest BCUT2D eigenvalue weighted by atomic mass is 9.91. The Morgan fingerprint density at radius 2 is 2.00 bits per heavy atom. The summed E-state index contributed by atoms with van der Waals surface area (Å²) in [6.45, 7) is 3.41. The first kappa shape index (κ1) is 11.5. The number of hydrogen-bond donors (Lipinski definition) is 1. The van der Waals surface area contributed by atoms with Gasteiger partial charge in [-0.05, 0) is 35.7 Å². The van der Waals surface area contributed by atoms with Crippen molar-refractivity contribution >= 4 is 10.8 Å². The molecule has 1 fully saturated rings. The summed E-state index contributed by atoms with van der Waals surface area (Å²) >= 11 is 0. The zero-order valence-electron chi connectivity index (χ0n) is 10.9. The predicted molar refractivity (Wildman–Crippen MR) is 75.0 cm³/mol. The van der Waals surface area contributed by atoms with Crippen LogP contribution in [0.1, 0.15) is 24.9 Å². The lowest BCUT2D eigenvalue weighted by Gasteiger charge is -2.21. The topological polar surface area (TPSA) is 21.3 Å². The summed E-state index contributed by atoms with van der Waals surface area (Å²) in [6, 6.07) is 13.2. The first-order valence-corrected chi connectivity index (χ1v) is 6.60. The van der Waals surface area contributed by atoms with Crippen LogP contribution >= 0.6 is 0 Å². The molecule has 2 atom stereocenters. The van der Waals surface area contributed by atoms with Gasteiger partial charge in [-0.1, -0.05) is 37.3 Å². The van der Waals surface area contributed by atoms with Gasteiger partial charge >= 0.3 is 0 Å². The van der Waals surface area contributed by atoms with Crippen molar-refractivity contribution < 1.29 is 4.74 Å². The fourth-order valence-electron chi connectivity index (χ4n) is 3.00. The molecule has 1 aliphatic heterocycles. The Morgan fingerprint density at radius 3 is 2.72 bits per heavy atom. The maximum atomic E-state index is 5.57. The monoisotopic (exact) mass is 241 g/mol. The summed E-state index contributed by atoms with van der Waals surface area (Å²) in [7, 11) is 1.76. The van der Waals surface area contributed by atoms with Crippen molar-refractivity contribution in [3.63, 3.8) is 0 Å². The normalized spacial score (nSPS) is 23.4. The van der Waals surface area contributed by atoms with Gasteiger partial charge in [0.15, 0.2) is 0 Å². The minimum absolute atomic E-state index is 0.408. The second-order valence-corrected chi connectivity index (χ2v) is 5.10. The van der Waals surface area contributed by atoms with Crippen molar-refractivity contribution in [2.75, 3.05) is 13.7 Å². The highest BCUT2D eigenvalue weighted by atomic mass is 16.5. The number of methoxy groups -OCH3 is 1. The average molecular weight is 241 g/mol. The first-order valence-electron chi connectivity index (χ1n) is 6.60. The van der Waals surface area contributed by atoms with Gasteiger partial charge in [0.25, 0.3) is 0 Å². The first-order chi connectivity index (χ1) is 8.81. The van der Waals surface area contributed by atoms with E-state index in [4.69, 9.17) is 4.74 Å². The van der Waals surface area contributed by atoms with Crippen LogP contribution in [0.4, 0.5) is 0 Å². The molecule has 2 unspecified atom stereocenters. The molecule has 1 N–H and O–H groups in total. The van der Waals surface area contributed by atoms with Gasteiger partial charge in [-0.2, -0.15) is 0 Å². The largest absolute Gasteiger partial charge is 0.496 e. The van der Waals surface area contributed by atoms with E-state index in [1.165, 1.54) is 22.8 Å². The highest BCUT2D eigenvalue weighted by molar-refractivity contribution is 5.88. The molecular weight excluding hydrogens is 222 g/mol. The van der Waals surface area contributed by atoms with E-state index in [0.29, 0.717) is 12.0 Å². The summed E-state index contributed by atoms with van der Waals surface area (Å²) < 4.78 is 5.57. The van der Waals surface area contributed by atoms with E-state index < -0.39 is 0 Å². The molecular formula is C16H19NO. The Bertz CT molecular complexity index is 564. The Kier molecular flexibility index (Phi) is 2.96. The van der Waals surface area contributed by atoms with Crippen LogP contribution in [0.15, 0.2) is 36.4 Å². The molecule has 0 spiro atoms. The van der Waals surface area contributed by atoms with E-state index in [2.05, 4.69) is 48.6 Å². The number of ether oxygens (including phenoxy) is 1. The van der Waals surface area contributed by atoms with Gasteiger partial charge in [0, 0.05) is 11.6 Å². The maximum absolute atomic E-state index is 5.57. The quantitative estimate of drug-likeness (QED) is 0.868. The van der Waals surface area contributed by atoms with Crippen molar-refractivity contribution in [3.8, 4) is 5.75 Å². The Morgan fingerprint density at radius 1 is 1.17 bits per heavy atom. The fourth-order valence-corrected chi connectivity index (χ4v) is 3.00. The minimum Gasteiger partial charge on any atom is -0.496 e. The highest BCUT2D eigenvalue weighted by Crippen LogP contribution is 2.39. The van der Waals surface area contributed by atoms with E-state index >= 15 is 0 Å². The number of benzene rings is 2. The molecule has 2 heteroatoms. The van der Waals surface area contributed by atoms with Crippen LogP contribution in [0.5, 0.6) is 5.75 Å². The number of fused-ring (bicyclic) bond motifs is 1. The molecule has 0 amide bonds. The van der Waals surface area contributed by atoms with E-state index in [0.717, 1.165) is 12.3 Å². The summed E-state index contributed by atoms with van der Waals surface area (Å²) in [6.07, 6.45) is 1.23. The third-order valence-electron chi connectivity index (χ3n) is 3.99. The van der Waals surface area contributed by atoms with E-state index in [-0.39, 0.29) is 0 Å². The molecule has 2 aromatic rings. The van der Waals surface area contributed by atoms with Crippen LogP contribution in [-0.4, -0.2) is 13.7 Å². The zero-order valence-corrected chi connectivity index (χ0v) is 10.9. The molecule has 1 aliphatic rings. The Labute approximate surface area is 108 Å². The van der Waals surface area contributed by atoms with Gasteiger partial charge in [0.05, 0.1) is 7.11 Å². The van der Waals surface area contributed by atoms with Crippen LogP contribution in [-0.2, 0) is 0 Å². The third-order valence-corrected chi connectivity index (χ3v) is 3.99. The van der Waals surface area contributed by atoms with Gasteiger partial charge in [-0.3, -0.25) is 0 Å². The fraction of sp³-hybridized carbons (Fsp3) is 0.375. The van der Waals surface area contributed by atoms with Crippen molar-refractivity contribution in [2.45, 2.75) is 19.4 Å². The highest BCUT2D eigenvalue weighted by Gasteiger charge is 2.28. The predicted octanol–water partition coefficient (Wildman–Crippen LogP) is 3.52. The van der Waals surface area contributed by atoms with E-state index in [9.17, 15) is 0 Å². The maximum Gasteiger partial charge on any atom is 0.124 e. The lowest BCUT2D eigenvalue weighted by molar-refractivity contribution is 0.396. The molecule has 0 radical (unpaired) electrons. The Balaban J connectivity index is 2.23. The molecule has 3 rings (SSSR count). The SMILES string of the molecule is COc1ccc2ccccc2c1C1NCCC1C. The lowest BCUT2D eigenvalue weighted by Crippen LogP contribution is -2.17. The molecule has 0 aromatic heterocycles. The third kappa shape index (κ3) is 1.77. The van der Waals surface area contributed by atoms with Crippen molar-refractivity contribution in [1.29, 1.82) is 0 Å². The van der Waals surface area contributed by atoms with Crippen molar-refractivity contribution in [2.24, 2.45) is 5.92 Å². The second kappa shape index (κ2) is 4.62. The summed E-state index contributed by atoms with van der Waals surface area (Å²) in [5, 5.41) is 6.20. The molecule has 1 saturated heterocycles. The van der Waals surface area contributed by atoms with Crippen molar-refractivity contribution in [1.82, 2.24) is 5.32 Å². The molecule has 0 bridgehead atoms. The van der Waals surface area contributed by atoms with Crippen LogP contribution in [0.25, 0.3) is 10.8 Å². The average Bonchev–Trinajstić information content (AvgIpc) is 2.83. The summed E-state index contributed by atoms with van der Waals surface area (Å²) in [4.78, 5) is 0. The van der Waals surface area contributed by atoms with Crippen LogP contribution in [0, 0.1) is 5.92 Å². The molecule has 0 saturated carbocycles.